The van der Waals surface area contributed by atoms with Gasteiger partial charge in [-0.3, -0.25) is 14.4 Å². The summed E-state index contributed by atoms with van der Waals surface area (Å²) in [6.45, 7) is 4.95. The van der Waals surface area contributed by atoms with E-state index in [2.05, 4.69) is 27.3 Å². The molecule has 0 bridgehead atoms. The standard InChI is InChI=1S/C40H43N5O3/c1-3-37(40(48)43-25-29-18-19-29)42-26-35(20-28-12-6-4-7-13-28)45-39(47)34-22-32(36-17-11-10-16-31(36)24-41)21-33(23-34)38(46)44-27(2)30-14-8-5-9-15-30/h4-17,21-23,27,29,35,37,42H,3,18-20,25-26H2,1-2H3,(H,43,48)(H,44,46)(H,45,47)/t27-,35-,37+/m1/s1. The zero-order valence-electron chi connectivity index (χ0n) is 27.5. The number of rotatable bonds is 15. The molecule has 0 spiro atoms. The summed E-state index contributed by atoms with van der Waals surface area (Å²) in [6.07, 6.45) is 3.48. The Hall–Kier alpha value is -5.26. The molecule has 0 aromatic heterocycles. The van der Waals surface area contributed by atoms with Crippen LogP contribution in [0, 0.1) is 17.2 Å². The minimum atomic E-state index is -0.383. The lowest BCUT2D eigenvalue weighted by Crippen LogP contribution is -2.50. The maximum absolute atomic E-state index is 14.0. The summed E-state index contributed by atoms with van der Waals surface area (Å²) in [6, 6.07) is 32.9. The first-order chi connectivity index (χ1) is 23.3. The van der Waals surface area contributed by atoms with E-state index in [1.54, 1.807) is 30.3 Å². The molecule has 1 aliphatic carbocycles. The maximum Gasteiger partial charge on any atom is 0.251 e. The van der Waals surface area contributed by atoms with Crippen molar-refractivity contribution in [2.75, 3.05) is 13.1 Å². The van der Waals surface area contributed by atoms with Gasteiger partial charge in [0.05, 0.1) is 23.7 Å². The smallest absolute Gasteiger partial charge is 0.251 e. The molecule has 4 aromatic carbocycles. The second-order valence-electron chi connectivity index (χ2n) is 12.5. The summed E-state index contributed by atoms with van der Waals surface area (Å²) in [5.74, 6) is -0.132. The Balaban J connectivity index is 1.40. The first-order valence-corrected chi connectivity index (χ1v) is 16.7. The fourth-order valence-electron chi connectivity index (χ4n) is 5.72. The van der Waals surface area contributed by atoms with Crippen molar-refractivity contribution >= 4 is 17.7 Å². The summed E-state index contributed by atoms with van der Waals surface area (Å²) in [5.41, 5.74) is 4.27. The normalized spacial score (nSPS) is 14.2. The van der Waals surface area contributed by atoms with Crippen molar-refractivity contribution in [1.82, 2.24) is 21.3 Å². The molecule has 0 radical (unpaired) electrons. The molecule has 48 heavy (non-hydrogen) atoms. The summed E-state index contributed by atoms with van der Waals surface area (Å²) in [5, 5.41) is 22.5. The van der Waals surface area contributed by atoms with Gasteiger partial charge in [0.15, 0.2) is 0 Å². The number of nitrogens with one attached hydrogen (secondary N) is 4. The maximum atomic E-state index is 14.0. The van der Waals surface area contributed by atoms with Gasteiger partial charge in [0.1, 0.15) is 0 Å². The molecule has 4 aromatic rings. The lowest BCUT2D eigenvalue weighted by molar-refractivity contribution is -0.123. The molecular weight excluding hydrogens is 598 g/mol. The highest BCUT2D eigenvalue weighted by molar-refractivity contribution is 6.02. The van der Waals surface area contributed by atoms with Gasteiger partial charge in [-0.25, -0.2) is 0 Å². The molecular formula is C40H43N5O3. The largest absolute Gasteiger partial charge is 0.354 e. The molecule has 1 aliphatic rings. The van der Waals surface area contributed by atoms with E-state index in [0.29, 0.717) is 59.7 Å². The van der Waals surface area contributed by atoms with Crippen LogP contribution >= 0.6 is 0 Å². The Kier molecular flexibility index (Phi) is 11.7. The number of nitrogens with zero attached hydrogens (tertiary/aromatic N) is 1. The van der Waals surface area contributed by atoms with Crippen molar-refractivity contribution in [3.63, 3.8) is 0 Å². The van der Waals surface area contributed by atoms with Gasteiger partial charge < -0.3 is 21.3 Å². The van der Waals surface area contributed by atoms with E-state index in [-0.39, 0.29) is 35.8 Å². The Morgan fingerprint density at radius 2 is 1.46 bits per heavy atom. The highest BCUT2D eigenvalue weighted by Gasteiger charge is 2.25. The highest BCUT2D eigenvalue weighted by Crippen LogP contribution is 2.28. The summed E-state index contributed by atoms with van der Waals surface area (Å²) >= 11 is 0. The highest BCUT2D eigenvalue weighted by atomic mass is 16.2. The second-order valence-corrected chi connectivity index (χ2v) is 12.5. The molecule has 0 unspecified atom stereocenters. The lowest BCUT2D eigenvalue weighted by Gasteiger charge is -2.24. The minimum Gasteiger partial charge on any atom is -0.354 e. The van der Waals surface area contributed by atoms with Crippen molar-refractivity contribution in [2.45, 2.75) is 57.7 Å². The molecule has 1 fully saturated rings. The van der Waals surface area contributed by atoms with E-state index < -0.39 is 0 Å². The van der Waals surface area contributed by atoms with Crippen LogP contribution in [0.2, 0.25) is 0 Å². The SMILES string of the molecule is CC[C@H](NC[C@@H](Cc1ccccc1)NC(=O)c1cc(C(=O)N[C@H](C)c2ccccc2)cc(-c2ccccc2C#N)c1)C(=O)NCC1CC1. The van der Waals surface area contributed by atoms with Crippen LogP contribution in [0.4, 0.5) is 0 Å². The fourth-order valence-corrected chi connectivity index (χ4v) is 5.72. The number of carbonyl (C=O) groups excluding carboxylic acids is 3. The Bertz CT molecular complexity index is 1750. The van der Waals surface area contributed by atoms with E-state index in [1.165, 1.54) is 0 Å². The summed E-state index contributed by atoms with van der Waals surface area (Å²) < 4.78 is 0. The van der Waals surface area contributed by atoms with Gasteiger partial charge >= 0.3 is 0 Å². The molecule has 0 heterocycles. The predicted molar refractivity (Wildman–Crippen MR) is 188 cm³/mol. The van der Waals surface area contributed by atoms with Crippen LogP contribution in [0.5, 0.6) is 0 Å². The van der Waals surface area contributed by atoms with Crippen LogP contribution in [0.15, 0.2) is 103 Å². The van der Waals surface area contributed by atoms with Crippen molar-refractivity contribution in [3.05, 3.63) is 131 Å². The van der Waals surface area contributed by atoms with Gasteiger partial charge in [0, 0.05) is 30.3 Å². The van der Waals surface area contributed by atoms with E-state index in [9.17, 15) is 19.6 Å². The average molecular weight is 642 g/mol. The third-order valence-corrected chi connectivity index (χ3v) is 8.72. The predicted octanol–water partition coefficient (Wildman–Crippen LogP) is 5.95. The van der Waals surface area contributed by atoms with Gasteiger partial charge in [-0.15, -0.1) is 0 Å². The molecule has 3 amide bonds. The topological polar surface area (TPSA) is 123 Å². The third kappa shape index (κ3) is 9.40. The van der Waals surface area contributed by atoms with Crippen molar-refractivity contribution in [2.24, 2.45) is 5.92 Å². The van der Waals surface area contributed by atoms with Crippen LogP contribution in [0.1, 0.15) is 76.6 Å². The molecule has 8 heteroatoms. The third-order valence-electron chi connectivity index (χ3n) is 8.72. The number of benzene rings is 4. The number of hydrogen-bond acceptors (Lipinski definition) is 5. The van der Waals surface area contributed by atoms with Crippen molar-refractivity contribution in [3.8, 4) is 17.2 Å². The molecule has 3 atom stereocenters. The molecule has 8 nitrogen and oxygen atoms in total. The van der Waals surface area contributed by atoms with Crippen LogP contribution in [0.3, 0.4) is 0 Å². The summed E-state index contributed by atoms with van der Waals surface area (Å²) in [7, 11) is 0. The number of hydrogen-bond donors (Lipinski definition) is 4. The van der Waals surface area contributed by atoms with Gasteiger partial charge in [-0.2, -0.15) is 5.26 Å². The first kappa shape index (κ1) is 34.1. The van der Waals surface area contributed by atoms with E-state index in [0.717, 1.165) is 24.0 Å². The quantitative estimate of drug-likeness (QED) is 0.128. The van der Waals surface area contributed by atoms with Gasteiger partial charge in [0.25, 0.3) is 11.8 Å². The van der Waals surface area contributed by atoms with Crippen LogP contribution < -0.4 is 21.3 Å². The zero-order valence-corrected chi connectivity index (χ0v) is 27.5. The minimum absolute atomic E-state index is 0.0292. The van der Waals surface area contributed by atoms with E-state index >= 15 is 0 Å². The number of carbonyl (C=O) groups is 3. The molecule has 4 N–H and O–H groups in total. The molecule has 246 valence electrons. The average Bonchev–Trinajstić information content (AvgIpc) is 3.96. The van der Waals surface area contributed by atoms with E-state index in [4.69, 9.17) is 0 Å². The van der Waals surface area contributed by atoms with Crippen LogP contribution in [0.25, 0.3) is 11.1 Å². The van der Waals surface area contributed by atoms with Gasteiger partial charge in [0.2, 0.25) is 5.91 Å². The summed E-state index contributed by atoms with van der Waals surface area (Å²) in [4.78, 5) is 40.5. The first-order valence-electron chi connectivity index (χ1n) is 16.7. The van der Waals surface area contributed by atoms with Gasteiger partial charge in [-0.05, 0) is 85.0 Å². The Labute approximate surface area is 283 Å². The number of amides is 3. The fraction of sp³-hybridized carbons (Fsp3) is 0.300. The molecule has 0 aliphatic heterocycles. The Morgan fingerprint density at radius 3 is 2.10 bits per heavy atom. The monoisotopic (exact) mass is 641 g/mol. The molecule has 0 saturated heterocycles. The lowest BCUT2D eigenvalue weighted by atomic mass is 9.95. The Morgan fingerprint density at radius 1 is 0.833 bits per heavy atom. The van der Waals surface area contributed by atoms with Crippen molar-refractivity contribution in [1.29, 1.82) is 5.26 Å². The van der Waals surface area contributed by atoms with Crippen LogP contribution in [-0.4, -0.2) is 42.9 Å². The zero-order chi connectivity index (χ0) is 33.9. The van der Waals surface area contributed by atoms with E-state index in [1.807, 2.05) is 86.6 Å². The molecule has 1 saturated carbocycles. The van der Waals surface area contributed by atoms with Gasteiger partial charge in [-0.1, -0.05) is 85.8 Å². The molecule has 5 rings (SSSR count). The van der Waals surface area contributed by atoms with Crippen molar-refractivity contribution < 1.29 is 14.4 Å². The second kappa shape index (κ2) is 16.5. The van der Waals surface area contributed by atoms with Crippen LogP contribution in [-0.2, 0) is 11.2 Å². The number of nitriles is 1.